The van der Waals surface area contributed by atoms with Crippen molar-refractivity contribution in [1.82, 2.24) is 9.47 Å². The maximum absolute atomic E-state index is 13.6. The van der Waals surface area contributed by atoms with Crippen molar-refractivity contribution in [2.45, 2.75) is 37.7 Å². The lowest BCUT2D eigenvalue weighted by Gasteiger charge is -2.34. The van der Waals surface area contributed by atoms with E-state index in [0.717, 1.165) is 31.6 Å². The number of anilines is 2. The third-order valence-electron chi connectivity index (χ3n) is 7.26. The largest absolute Gasteiger partial charge is 0.495 e. The first-order chi connectivity index (χ1) is 20.6. The molecule has 1 aromatic heterocycles. The normalized spacial score (nSPS) is 15.0. The number of halogens is 3. The van der Waals surface area contributed by atoms with Gasteiger partial charge in [-0.15, -0.1) is 0 Å². The highest BCUT2D eigenvalue weighted by Crippen LogP contribution is 2.31. The van der Waals surface area contributed by atoms with E-state index in [4.69, 9.17) is 14.2 Å². The molecular formula is C31H37F3N4O5. The molecule has 4 rings (SSSR count). The van der Waals surface area contributed by atoms with Gasteiger partial charge in [-0.25, -0.2) is 4.79 Å². The molecule has 1 saturated heterocycles. The second kappa shape index (κ2) is 14.5. The molecule has 232 valence electrons. The van der Waals surface area contributed by atoms with E-state index in [0.29, 0.717) is 34.4 Å². The molecule has 0 spiro atoms. The zero-order valence-electron chi connectivity index (χ0n) is 24.5. The number of hydrogen-bond acceptors (Lipinski definition) is 8. The van der Waals surface area contributed by atoms with Gasteiger partial charge in [-0.3, -0.25) is 0 Å². The molecule has 3 N–H and O–H groups in total. The van der Waals surface area contributed by atoms with Crippen LogP contribution in [0.2, 0.25) is 0 Å². The molecule has 0 aliphatic carbocycles. The quantitative estimate of drug-likeness (QED) is 0.220. The van der Waals surface area contributed by atoms with Gasteiger partial charge in [0.05, 0.1) is 55.9 Å². The van der Waals surface area contributed by atoms with Crippen LogP contribution in [0.3, 0.4) is 0 Å². The number of methoxy groups -OCH3 is 3. The summed E-state index contributed by atoms with van der Waals surface area (Å²) in [5, 5.41) is 17.3. The Morgan fingerprint density at radius 3 is 2.56 bits per heavy atom. The number of aromatic nitrogens is 1. The van der Waals surface area contributed by atoms with Gasteiger partial charge in [0.2, 0.25) is 0 Å². The predicted octanol–water partition coefficient (Wildman–Crippen LogP) is 4.35. The molecule has 0 bridgehead atoms. The maximum atomic E-state index is 13.6. The third kappa shape index (κ3) is 8.56. The monoisotopic (exact) mass is 602 g/mol. The maximum Gasteiger partial charge on any atom is 0.406 e. The summed E-state index contributed by atoms with van der Waals surface area (Å²) in [7, 11) is 4.31. The van der Waals surface area contributed by atoms with Gasteiger partial charge < -0.3 is 39.4 Å². The number of likely N-dealkylation sites (tertiary alicyclic amines) is 1. The number of fused-ring (bicyclic) bond motifs is 1. The van der Waals surface area contributed by atoms with Gasteiger partial charge in [0.1, 0.15) is 12.3 Å². The molecule has 0 amide bonds. The number of carbonyl (C=O) groups excluding carboxylic acids is 1. The lowest BCUT2D eigenvalue weighted by Crippen LogP contribution is -2.43. The van der Waals surface area contributed by atoms with E-state index < -0.39 is 24.8 Å². The molecule has 3 aromatic rings. The first kappa shape index (κ1) is 32.0. The molecular weight excluding hydrogens is 565 g/mol. The minimum atomic E-state index is -4.43. The van der Waals surface area contributed by atoms with Crippen molar-refractivity contribution in [3.05, 3.63) is 53.7 Å². The summed E-state index contributed by atoms with van der Waals surface area (Å²) in [6, 6.07) is 11.9. The van der Waals surface area contributed by atoms with E-state index in [-0.39, 0.29) is 24.9 Å². The Hall–Kier alpha value is -3.92. The number of ether oxygens (including phenoxy) is 3. The van der Waals surface area contributed by atoms with Crippen LogP contribution >= 0.6 is 0 Å². The smallest absolute Gasteiger partial charge is 0.406 e. The molecule has 0 saturated carbocycles. The Labute approximate surface area is 248 Å². The molecule has 1 unspecified atom stereocenters. The Balaban J connectivity index is 1.50. The molecule has 2 heterocycles. The van der Waals surface area contributed by atoms with Crippen molar-refractivity contribution in [3.63, 3.8) is 0 Å². The number of rotatable bonds is 11. The Bertz CT molecular complexity index is 1460. The van der Waals surface area contributed by atoms with Crippen LogP contribution in [0.25, 0.3) is 10.9 Å². The lowest BCUT2D eigenvalue weighted by atomic mass is 10.0. The Morgan fingerprint density at radius 1 is 1.12 bits per heavy atom. The topological polar surface area (TPSA) is 97.2 Å². The van der Waals surface area contributed by atoms with Crippen LogP contribution in [0.5, 0.6) is 5.75 Å². The van der Waals surface area contributed by atoms with Crippen molar-refractivity contribution in [1.29, 1.82) is 0 Å². The van der Waals surface area contributed by atoms with Crippen molar-refractivity contribution < 1.29 is 37.3 Å². The number of aliphatic hydroxyl groups excluding tert-OH is 1. The fourth-order valence-electron chi connectivity index (χ4n) is 5.24. The van der Waals surface area contributed by atoms with E-state index in [1.54, 1.807) is 37.4 Å². The summed E-state index contributed by atoms with van der Waals surface area (Å²) in [5.74, 6) is 5.73. The number of esters is 1. The Kier molecular flexibility index (Phi) is 10.8. The van der Waals surface area contributed by atoms with Crippen LogP contribution in [-0.2, 0) is 16.0 Å². The fraction of sp³-hybridized carbons (Fsp3) is 0.452. The van der Waals surface area contributed by atoms with Crippen LogP contribution in [0.1, 0.15) is 28.9 Å². The second-order valence-corrected chi connectivity index (χ2v) is 10.4. The molecule has 9 nitrogen and oxygen atoms in total. The molecule has 1 aliphatic heterocycles. The minimum absolute atomic E-state index is 0.129. The number of nitrogens with one attached hydrogen (secondary N) is 2. The summed E-state index contributed by atoms with van der Waals surface area (Å²) in [6.45, 7) is 1.38. The van der Waals surface area contributed by atoms with Gasteiger partial charge in [0.25, 0.3) is 0 Å². The summed E-state index contributed by atoms with van der Waals surface area (Å²) >= 11 is 0. The molecule has 1 atom stereocenters. The number of alkyl halides is 3. The van der Waals surface area contributed by atoms with Gasteiger partial charge >= 0.3 is 12.1 Å². The number of benzene rings is 2. The standard InChI is InChI=1S/C31H37F3N4O5/c1-41-19-24(39)18-37-14-11-22(12-15-37)36-26-7-4-8-28-25(26)17-23(38(28)20-31(32,33)34)6-5-13-35-27-10-9-21(30(40)43-3)16-29(27)42-2/h4,7-10,16-17,22,24,35-36,39H,11-15,18-20H2,1-3H3. The molecule has 0 radical (unpaired) electrons. The summed E-state index contributed by atoms with van der Waals surface area (Å²) < 4.78 is 57.1. The van der Waals surface area contributed by atoms with Crippen LogP contribution in [0.4, 0.5) is 24.5 Å². The van der Waals surface area contributed by atoms with Crippen molar-refractivity contribution in [2.24, 2.45) is 0 Å². The number of piperidine rings is 1. The second-order valence-electron chi connectivity index (χ2n) is 10.4. The SMILES string of the molecule is COCC(O)CN1CCC(Nc2cccc3c2cc(C#CCNc2ccc(C(=O)OC)cc2OC)n3CC(F)(F)F)CC1. The zero-order valence-corrected chi connectivity index (χ0v) is 24.5. The van der Waals surface area contributed by atoms with Crippen LogP contribution < -0.4 is 15.4 Å². The van der Waals surface area contributed by atoms with Gasteiger partial charge in [-0.05, 0) is 55.2 Å². The molecule has 1 aliphatic rings. The van der Waals surface area contributed by atoms with E-state index in [9.17, 15) is 23.1 Å². The number of hydrogen-bond donors (Lipinski definition) is 3. The highest BCUT2D eigenvalue weighted by Gasteiger charge is 2.30. The predicted molar refractivity (Wildman–Crippen MR) is 159 cm³/mol. The van der Waals surface area contributed by atoms with Gasteiger partial charge in [-0.2, -0.15) is 13.2 Å². The lowest BCUT2D eigenvalue weighted by molar-refractivity contribution is -0.140. The molecule has 2 aromatic carbocycles. The minimum Gasteiger partial charge on any atom is -0.495 e. The van der Waals surface area contributed by atoms with Crippen LogP contribution in [0.15, 0.2) is 42.5 Å². The highest BCUT2D eigenvalue weighted by molar-refractivity contribution is 5.94. The van der Waals surface area contributed by atoms with E-state index in [1.165, 1.54) is 24.9 Å². The number of β-amino-alcohol motifs (C(OH)–C–C–N with tert-alkyl or cyclic N) is 1. The average molecular weight is 603 g/mol. The molecule has 12 heteroatoms. The van der Waals surface area contributed by atoms with Crippen LogP contribution in [0, 0.1) is 11.8 Å². The van der Waals surface area contributed by atoms with Crippen molar-refractivity contribution in [2.75, 3.05) is 64.7 Å². The fourth-order valence-corrected chi connectivity index (χ4v) is 5.24. The summed E-state index contributed by atoms with van der Waals surface area (Å²) in [4.78, 5) is 14.0. The van der Waals surface area contributed by atoms with Crippen LogP contribution in [-0.4, -0.2) is 93.0 Å². The highest BCUT2D eigenvalue weighted by atomic mass is 19.4. The van der Waals surface area contributed by atoms with E-state index in [1.807, 2.05) is 6.07 Å². The summed E-state index contributed by atoms with van der Waals surface area (Å²) in [6.07, 6.45) is -3.30. The van der Waals surface area contributed by atoms with Gasteiger partial charge in [0.15, 0.2) is 0 Å². The molecule has 43 heavy (non-hydrogen) atoms. The number of aliphatic hydroxyl groups is 1. The van der Waals surface area contributed by atoms with Gasteiger partial charge in [-0.1, -0.05) is 12.0 Å². The van der Waals surface area contributed by atoms with Crippen molar-refractivity contribution in [3.8, 4) is 17.6 Å². The number of carbonyl (C=O) groups is 1. The third-order valence-corrected chi connectivity index (χ3v) is 7.26. The summed E-state index contributed by atoms with van der Waals surface area (Å²) in [5.41, 5.74) is 2.35. The van der Waals surface area contributed by atoms with Crippen molar-refractivity contribution >= 4 is 28.2 Å². The Morgan fingerprint density at radius 2 is 1.88 bits per heavy atom. The van der Waals surface area contributed by atoms with E-state index in [2.05, 4.69) is 27.4 Å². The van der Waals surface area contributed by atoms with Gasteiger partial charge in [0, 0.05) is 43.9 Å². The number of nitrogens with zero attached hydrogens (tertiary/aromatic N) is 2. The average Bonchev–Trinajstić information content (AvgIpc) is 3.32. The first-order valence-corrected chi connectivity index (χ1v) is 14.0. The molecule has 1 fully saturated rings. The zero-order chi connectivity index (χ0) is 31.0. The first-order valence-electron chi connectivity index (χ1n) is 14.0. The van der Waals surface area contributed by atoms with E-state index >= 15 is 0 Å².